The van der Waals surface area contributed by atoms with E-state index in [1.54, 1.807) is 31.5 Å². The molecule has 1 aromatic heterocycles. The zero-order valence-electron chi connectivity index (χ0n) is 15.2. The van der Waals surface area contributed by atoms with Gasteiger partial charge in [0.05, 0.1) is 13.6 Å². The van der Waals surface area contributed by atoms with Crippen LogP contribution in [0.2, 0.25) is 0 Å². The molecule has 1 atom stereocenters. The SMILES string of the molecule is [2H]C1(c2cccc(F)c2C)N=C(c2nccs2)NC(CBr)=C1C(=O)OCC. The molecule has 0 fully saturated rings. The highest BCUT2D eigenvalue weighted by Crippen LogP contribution is 2.35. The van der Waals surface area contributed by atoms with Gasteiger partial charge in [-0.15, -0.1) is 11.3 Å². The maximum Gasteiger partial charge on any atom is 0.338 e. The molecule has 1 aliphatic rings. The number of hydrogen-bond donors (Lipinski definition) is 1. The second-order valence-corrected chi connectivity index (χ2v) is 6.85. The maximum absolute atomic E-state index is 14.2. The van der Waals surface area contributed by atoms with Gasteiger partial charge in [0, 0.05) is 22.6 Å². The molecule has 1 N–H and O–H groups in total. The minimum atomic E-state index is -1.87. The first-order chi connectivity index (χ1) is 12.9. The van der Waals surface area contributed by atoms with Gasteiger partial charge in [0.15, 0.2) is 10.8 Å². The molecule has 1 aliphatic heterocycles. The fourth-order valence-corrected chi connectivity index (χ4v) is 3.57. The second-order valence-electron chi connectivity index (χ2n) is 5.39. The number of hydrogen-bond acceptors (Lipinski definition) is 6. The molecule has 0 bridgehead atoms. The lowest BCUT2D eigenvalue weighted by Crippen LogP contribution is -2.34. The van der Waals surface area contributed by atoms with Crippen LogP contribution in [0.1, 0.15) is 30.4 Å². The summed E-state index contributed by atoms with van der Waals surface area (Å²) in [5.41, 5.74) is 0.995. The average Bonchev–Trinajstić information content (AvgIpc) is 3.18. The number of amidine groups is 1. The van der Waals surface area contributed by atoms with E-state index in [1.807, 2.05) is 0 Å². The third-order valence-electron chi connectivity index (χ3n) is 3.80. The van der Waals surface area contributed by atoms with Crippen LogP contribution in [0.3, 0.4) is 0 Å². The number of rotatable bonds is 5. The van der Waals surface area contributed by atoms with Gasteiger partial charge >= 0.3 is 5.97 Å². The summed E-state index contributed by atoms with van der Waals surface area (Å²) in [5.74, 6) is -0.779. The molecule has 0 radical (unpaired) electrons. The Morgan fingerprint density at radius 2 is 2.35 bits per heavy atom. The summed E-state index contributed by atoms with van der Waals surface area (Å²) in [6.45, 7) is 3.41. The molecular formula is C18H17BrFN3O2S. The van der Waals surface area contributed by atoms with Crippen LogP contribution in [0, 0.1) is 12.7 Å². The van der Waals surface area contributed by atoms with E-state index in [0.717, 1.165) is 0 Å². The summed E-state index contributed by atoms with van der Waals surface area (Å²) in [5, 5.41) is 5.69. The van der Waals surface area contributed by atoms with Crippen molar-refractivity contribution < 1.29 is 15.3 Å². The summed E-state index contributed by atoms with van der Waals surface area (Å²) in [6, 6.07) is 2.55. The number of carbonyl (C=O) groups excluding carboxylic acids is 1. The van der Waals surface area contributed by atoms with E-state index in [0.29, 0.717) is 16.5 Å². The molecule has 136 valence electrons. The summed E-state index contributed by atoms with van der Waals surface area (Å²) in [7, 11) is 0. The van der Waals surface area contributed by atoms with E-state index in [4.69, 9.17) is 6.11 Å². The van der Waals surface area contributed by atoms with Crippen LogP contribution >= 0.6 is 27.3 Å². The first kappa shape index (κ1) is 17.4. The van der Waals surface area contributed by atoms with Crippen molar-refractivity contribution in [2.24, 2.45) is 4.99 Å². The van der Waals surface area contributed by atoms with Crippen molar-refractivity contribution in [1.82, 2.24) is 10.3 Å². The fraction of sp³-hybridized carbons (Fsp3) is 0.278. The van der Waals surface area contributed by atoms with E-state index in [9.17, 15) is 9.18 Å². The number of nitrogens with zero attached hydrogens (tertiary/aromatic N) is 2. The molecule has 8 heteroatoms. The summed E-state index contributed by atoms with van der Waals surface area (Å²) in [4.78, 5) is 21.4. The maximum atomic E-state index is 14.2. The van der Waals surface area contributed by atoms with Gasteiger partial charge in [0.25, 0.3) is 0 Å². The number of ether oxygens (including phenoxy) is 1. The van der Waals surface area contributed by atoms with Crippen molar-refractivity contribution in [2.75, 3.05) is 11.9 Å². The molecule has 0 aliphatic carbocycles. The van der Waals surface area contributed by atoms with Crippen LogP contribution in [0.4, 0.5) is 4.39 Å². The number of aromatic nitrogens is 1. The van der Waals surface area contributed by atoms with Gasteiger partial charge in [-0.05, 0) is 31.0 Å². The Balaban J connectivity index is 2.27. The van der Waals surface area contributed by atoms with Crippen LogP contribution in [-0.4, -0.2) is 28.7 Å². The number of thiazole rings is 1. The number of esters is 1. The van der Waals surface area contributed by atoms with Gasteiger partial charge in [-0.25, -0.2) is 14.2 Å². The molecule has 1 aromatic carbocycles. The minimum Gasteiger partial charge on any atom is -0.463 e. The zero-order valence-corrected chi connectivity index (χ0v) is 16.6. The normalized spacial score (nSPS) is 20.3. The second kappa shape index (κ2) is 8.09. The van der Waals surface area contributed by atoms with Crippen molar-refractivity contribution in [3.63, 3.8) is 0 Å². The molecule has 0 saturated carbocycles. The molecule has 0 spiro atoms. The van der Waals surface area contributed by atoms with E-state index < -0.39 is 17.8 Å². The van der Waals surface area contributed by atoms with Crippen LogP contribution < -0.4 is 5.32 Å². The van der Waals surface area contributed by atoms with Crippen LogP contribution in [0.25, 0.3) is 0 Å². The van der Waals surface area contributed by atoms with Crippen molar-refractivity contribution in [1.29, 1.82) is 0 Å². The van der Waals surface area contributed by atoms with Crippen molar-refractivity contribution in [3.8, 4) is 0 Å². The minimum absolute atomic E-state index is 0.0234. The zero-order chi connectivity index (χ0) is 19.6. The fourth-order valence-electron chi connectivity index (χ4n) is 2.57. The molecule has 26 heavy (non-hydrogen) atoms. The summed E-state index contributed by atoms with van der Waals surface area (Å²) in [6.07, 6.45) is 1.63. The Hall–Kier alpha value is -2.06. The number of nitrogens with one attached hydrogen (secondary N) is 1. The molecule has 5 nitrogen and oxygen atoms in total. The largest absolute Gasteiger partial charge is 0.463 e. The standard InChI is InChI=1S/C18H17BrFN3O2S/c1-3-25-18(24)14-13(9-19)22-16(17-21-7-8-26-17)23-15(14)11-5-4-6-12(20)10(11)2/h4-8,15H,3,9H2,1-2H3,(H,22,23)/i15D. The summed E-state index contributed by atoms with van der Waals surface area (Å²) >= 11 is 4.71. The molecule has 2 aromatic rings. The predicted molar refractivity (Wildman–Crippen MR) is 103 cm³/mol. The van der Waals surface area contributed by atoms with Crippen LogP contribution in [-0.2, 0) is 9.53 Å². The van der Waals surface area contributed by atoms with E-state index in [1.165, 1.54) is 23.5 Å². The third kappa shape index (κ3) is 3.57. The van der Waals surface area contributed by atoms with Gasteiger partial charge in [-0.3, -0.25) is 4.99 Å². The van der Waals surface area contributed by atoms with Crippen molar-refractivity contribution in [3.05, 3.63) is 63.0 Å². The first-order valence-corrected chi connectivity index (χ1v) is 9.91. The van der Waals surface area contributed by atoms with Crippen LogP contribution in [0.5, 0.6) is 0 Å². The number of benzene rings is 1. The Kier molecular flexibility index (Phi) is 5.40. The number of alkyl halides is 1. The lowest BCUT2D eigenvalue weighted by molar-refractivity contribution is -0.138. The number of halogens is 2. The van der Waals surface area contributed by atoms with Gasteiger partial charge in [-0.1, -0.05) is 28.1 Å². The third-order valence-corrected chi connectivity index (χ3v) is 5.14. The number of aliphatic imine (C=N–C) groups is 1. The molecular weight excluding hydrogens is 421 g/mol. The van der Waals surface area contributed by atoms with Gasteiger partial charge < -0.3 is 10.1 Å². The monoisotopic (exact) mass is 438 g/mol. The Morgan fingerprint density at radius 3 is 3.00 bits per heavy atom. The summed E-state index contributed by atoms with van der Waals surface area (Å²) < 4.78 is 28.5. The highest BCUT2D eigenvalue weighted by molar-refractivity contribution is 9.09. The average molecular weight is 439 g/mol. The predicted octanol–water partition coefficient (Wildman–Crippen LogP) is 3.89. The smallest absolute Gasteiger partial charge is 0.338 e. The first-order valence-electron chi connectivity index (χ1n) is 8.41. The lowest BCUT2D eigenvalue weighted by Gasteiger charge is -2.27. The van der Waals surface area contributed by atoms with Crippen molar-refractivity contribution in [2.45, 2.75) is 19.9 Å². The van der Waals surface area contributed by atoms with Crippen LogP contribution in [0.15, 0.2) is 46.0 Å². The molecule has 0 amide bonds. The van der Waals surface area contributed by atoms with Crippen molar-refractivity contribution >= 4 is 39.1 Å². The van der Waals surface area contributed by atoms with E-state index in [2.05, 4.69) is 31.2 Å². The van der Waals surface area contributed by atoms with E-state index in [-0.39, 0.29) is 28.6 Å². The molecule has 2 heterocycles. The quantitative estimate of drug-likeness (QED) is 0.567. The highest BCUT2D eigenvalue weighted by Gasteiger charge is 2.33. The topological polar surface area (TPSA) is 63.6 Å². The Morgan fingerprint density at radius 1 is 1.54 bits per heavy atom. The lowest BCUT2D eigenvalue weighted by atomic mass is 9.92. The molecule has 0 saturated heterocycles. The van der Waals surface area contributed by atoms with Gasteiger partial charge in [0.1, 0.15) is 11.8 Å². The van der Waals surface area contributed by atoms with Gasteiger partial charge in [0.2, 0.25) is 0 Å². The molecule has 1 unspecified atom stereocenters. The molecule has 3 rings (SSSR count). The van der Waals surface area contributed by atoms with E-state index >= 15 is 0 Å². The van der Waals surface area contributed by atoms with Gasteiger partial charge in [-0.2, -0.15) is 0 Å². The number of allylic oxidation sites excluding steroid dienone is 1. The number of carbonyl (C=O) groups is 1. The highest BCUT2D eigenvalue weighted by atomic mass is 79.9. The Bertz CT molecular complexity index is 933. The Labute approximate surface area is 164 Å².